The number of hydrogen-bond donors (Lipinski definition) is 2. The minimum absolute atomic E-state index is 0.0156. The maximum Gasteiger partial charge on any atom is 0.433 e. The highest BCUT2D eigenvalue weighted by molar-refractivity contribution is 6.31. The lowest BCUT2D eigenvalue weighted by atomic mass is 9.90. The highest BCUT2D eigenvalue weighted by atomic mass is 35.5. The molecule has 2 aromatic carbocycles. The predicted molar refractivity (Wildman–Crippen MR) is 130 cm³/mol. The van der Waals surface area contributed by atoms with Crippen molar-refractivity contribution in [1.82, 2.24) is 10.3 Å². The predicted octanol–water partition coefficient (Wildman–Crippen LogP) is 6.13. The molecule has 0 spiro atoms. The zero-order chi connectivity index (χ0) is 24.5. The number of nitrogens with zero attached hydrogens (tertiary/aromatic N) is 2. The van der Waals surface area contributed by atoms with E-state index >= 15 is 0 Å². The molecule has 34 heavy (non-hydrogen) atoms. The van der Waals surface area contributed by atoms with E-state index in [-0.39, 0.29) is 23.5 Å². The van der Waals surface area contributed by atoms with Crippen LogP contribution in [0.4, 0.5) is 24.5 Å². The number of fused-ring (bicyclic) bond motifs is 1. The van der Waals surface area contributed by atoms with Crippen LogP contribution in [0.15, 0.2) is 48.5 Å². The smallest absolute Gasteiger partial charge is 0.382 e. The van der Waals surface area contributed by atoms with Crippen molar-refractivity contribution >= 4 is 39.8 Å². The second-order valence-corrected chi connectivity index (χ2v) is 9.26. The topological polar surface area (TPSA) is 57.3 Å². The molecule has 0 aliphatic heterocycles. The summed E-state index contributed by atoms with van der Waals surface area (Å²) in [5, 5.41) is 7.33. The molecule has 0 unspecified atom stereocenters. The summed E-state index contributed by atoms with van der Waals surface area (Å²) in [5.41, 5.74) is 1.29. The van der Waals surface area contributed by atoms with Crippen molar-refractivity contribution in [2.75, 3.05) is 24.3 Å². The van der Waals surface area contributed by atoms with Gasteiger partial charge in [-0.25, -0.2) is 4.98 Å². The summed E-state index contributed by atoms with van der Waals surface area (Å²) in [6, 6.07) is 13.1. The van der Waals surface area contributed by atoms with Gasteiger partial charge in [0.2, 0.25) is 0 Å². The zero-order valence-corrected chi connectivity index (χ0v) is 19.7. The van der Waals surface area contributed by atoms with Gasteiger partial charge in [0, 0.05) is 53.5 Å². The Morgan fingerprint density at radius 1 is 1.00 bits per heavy atom. The van der Waals surface area contributed by atoms with Crippen molar-refractivity contribution < 1.29 is 18.0 Å². The van der Waals surface area contributed by atoms with Crippen LogP contribution in [0.3, 0.4) is 0 Å². The average molecular weight is 491 g/mol. The summed E-state index contributed by atoms with van der Waals surface area (Å²) in [6.07, 6.45) is -1.65. The second kappa shape index (κ2) is 9.70. The van der Waals surface area contributed by atoms with Crippen molar-refractivity contribution in [3.8, 4) is 0 Å². The first-order chi connectivity index (χ1) is 16.1. The lowest BCUT2D eigenvalue weighted by Gasteiger charge is -2.31. The van der Waals surface area contributed by atoms with Crippen LogP contribution in [-0.4, -0.2) is 37.1 Å². The largest absolute Gasteiger partial charge is 0.433 e. The van der Waals surface area contributed by atoms with Gasteiger partial charge in [0.1, 0.15) is 5.69 Å². The number of aromatic nitrogens is 1. The van der Waals surface area contributed by atoms with E-state index < -0.39 is 11.9 Å². The van der Waals surface area contributed by atoms with E-state index in [1.807, 2.05) is 31.1 Å². The van der Waals surface area contributed by atoms with Crippen molar-refractivity contribution in [2.45, 2.75) is 43.9 Å². The second-order valence-electron chi connectivity index (χ2n) is 8.82. The number of rotatable bonds is 5. The number of halogens is 4. The monoisotopic (exact) mass is 490 g/mol. The van der Waals surface area contributed by atoms with Crippen LogP contribution in [0, 0.1) is 0 Å². The van der Waals surface area contributed by atoms with Crippen LogP contribution >= 0.6 is 11.6 Å². The normalized spacial score (nSPS) is 18.5. The Hall–Kier alpha value is -3.00. The van der Waals surface area contributed by atoms with Gasteiger partial charge in [0.25, 0.3) is 5.91 Å². The molecule has 0 saturated heterocycles. The Balaban J connectivity index is 1.41. The van der Waals surface area contributed by atoms with E-state index in [2.05, 4.69) is 15.6 Å². The molecule has 1 amide bonds. The molecule has 1 aliphatic carbocycles. The summed E-state index contributed by atoms with van der Waals surface area (Å²) in [4.78, 5) is 18.3. The van der Waals surface area contributed by atoms with Crippen molar-refractivity contribution in [2.24, 2.45) is 0 Å². The highest BCUT2D eigenvalue weighted by Crippen LogP contribution is 2.35. The van der Waals surface area contributed by atoms with Crippen molar-refractivity contribution in [3.63, 3.8) is 0 Å². The molecule has 180 valence electrons. The first-order valence-corrected chi connectivity index (χ1v) is 11.5. The molecule has 2 N–H and O–H groups in total. The number of anilines is 2. The summed E-state index contributed by atoms with van der Waals surface area (Å²) in [7, 11) is 3.88. The number of hydrogen-bond acceptors (Lipinski definition) is 4. The van der Waals surface area contributed by atoms with Gasteiger partial charge < -0.3 is 15.5 Å². The fraction of sp³-hybridized carbons (Fsp3) is 0.360. The third-order valence-electron chi connectivity index (χ3n) is 6.13. The number of alkyl halides is 3. The fourth-order valence-corrected chi connectivity index (χ4v) is 4.42. The summed E-state index contributed by atoms with van der Waals surface area (Å²) >= 11 is 6.08. The molecular weight excluding hydrogens is 465 g/mol. The molecular formula is C25H26ClF3N4O. The number of carbonyl (C=O) groups excluding carboxylic acids is 1. The van der Waals surface area contributed by atoms with Crippen LogP contribution in [0.2, 0.25) is 5.02 Å². The van der Waals surface area contributed by atoms with Crippen molar-refractivity contribution in [3.05, 3.63) is 64.8 Å². The standard InChI is InChI=1S/C25H26ClF3N4O/c1-33(2)19-10-3-15(4-11-19)24(34)31-18-8-6-17(7-9-18)30-22-14-23(25(27,28)29)32-21-12-5-16(26)13-20(21)22/h3-5,10-14,17-18H,6-9H2,1-2H3,(H,30,32)(H,31,34). The summed E-state index contributed by atoms with van der Waals surface area (Å²) in [6.45, 7) is 0. The Morgan fingerprint density at radius 2 is 1.65 bits per heavy atom. The van der Waals surface area contributed by atoms with E-state index in [0.29, 0.717) is 21.7 Å². The minimum Gasteiger partial charge on any atom is -0.382 e. The number of carbonyl (C=O) groups is 1. The van der Waals surface area contributed by atoms with Crippen molar-refractivity contribution in [1.29, 1.82) is 0 Å². The molecule has 1 heterocycles. The van der Waals surface area contributed by atoms with Crippen LogP contribution in [0.5, 0.6) is 0 Å². The molecule has 4 rings (SSSR count). The minimum atomic E-state index is -4.54. The molecule has 1 fully saturated rings. The summed E-state index contributed by atoms with van der Waals surface area (Å²) < 4.78 is 40.1. The number of benzene rings is 2. The number of pyridine rings is 1. The fourth-order valence-electron chi connectivity index (χ4n) is 4.24. The van der Waals surface area contributed by atoms with Crippen LogP contribution in [0.25, 0.3) is 10.9 Å². The number of amides is 1. The highest BCUT2D eigenvalue weighted by Gasteiger charge is 2.34. The molecule has 9 heteroatoms. The molecule has 5 nitrogen and oxygen atoms in total. The van der Waals surface area contributed by atoms with Gasteiger partial charge in [0.15, 0.2) is 0 Å². The van der Waals surface area contributed by atoms with Gasteiger partial charge in [-0.2, -0.15) is 13.2 Å². The average Bonchev–Trinajstić information content (AvgIpc) is 2.80. The molecule has 0 atom stereocenters. The molecule has 1 saturated carbocycles. The van der Waals surface area contributed by atoms with E-state index in [9.17, 15) is 18.0 Å². The number of nitrogens with one attached hydrogen (secondary N) is 2. The Bertz CT molecular complexity index is 1170. The lowest BCUT2D eigenvalue weighted by molar-refractivity contribution is -0.140. The first-order valence-electron chi connectivity index (χ1n) is 11.1. The third-order valence-corrected chi connectivity index (χ3v) is 6.36. The van der Waals surface area contributed by atoms with E-state index in [1.165, 1.54) is 12.1 Å². The first kappa shape index (κ1) is 24.1. The molecule has 1 aliphatic rings. The van der Waals surface area contributed by atoms with Gasteiger partial charge in [-0.3, -0.25) is 4.79 Å². The van der Waals surface area contributed by atoms with Crippen LogP contribution < -0.4 is 15.5 Å². The van der Waals surface area contributed by atoms with Gasteiger partial charge >= 0.3 is 6.18 Å². The molecule has 0 radical (unpaired) electrons. The molecule has 1 aromatic heterocycles. The molecule has 0 bridgehead atoms. The molecule has 3 aromatic rings. The van der Waals surface area contributed by atoms with Crippen LogP contribution in [-0.2, 0) is 6.18 Å². The lowest BCUT2D eigenvalue weighted by Crippen LogP contribution is -2.40. The zero-order valence-electron chi connectivity index (χ0n) is 18.9. The van der Waals surface area contributed by atoms with Gasteiger partial charge in [-0.1, -0.05) is 11.6 Å². The van der Waals surface area contributed by atoms with Gasteiger partial charge in [-0.05, 0) is 74.2 Å². The van der Waals surface area contributed by atoms with E-state index in [0.717, 1.165) is 37.4 Å². The van der Waals surface area contributed by atoms with E-state index in [4.69, 9.17) is 11.6 Å². The summed E-state index contributed by atoms with van der Waals surface area (Å²) in [5.74, 6) is -0.119. The SMILES string of the molecule is CN(C)c1ccc(C(=O)NC2CCC(Nc3cc(C(F)(F)F)nc4ccc(Cl)cc34)CC2)cc1. The maximum atomic E-state index is 13.4. The Kier molecular flexibility index (Phi) is 6.89. The Morgan fingerprint density at radius 3 is 2.26 bits per heavy atom. The third kappa shape index (κ3) is 5.55. The van der Waals surface area contributed by atoms with Gasteiger partial charge in [0.05, 0.1) is 5.52 Å². The maximum absolute atomic E-state index is 13.4. The Labute approximate surface area is 201 Å². The van der Waals surface area contributed by atoms with E-state index in [1.54, 1.807) is 18.2 Å². The van der Waals surface area contributed by atoms with Crippen LogP contribution in [0.1, 0.15) is 41.7 Å². The quantitative estimate of drug-likeness (QED) is 0.452. The van der Waals surface area contributed by atoms with Gasteiger partial charge in [-0.15, -0.1) is 0 Å².